The van der Waals surface area contributed by atoms with Crippen LogP contribution in [0.1, 0.15) is 46.2 Å². The van der Waals surface area contributed by atoms with Crippen LogP contribution < -0.4 is 20.2 Å². The topological polar surface area (TPSA) is 6.48 Å². The van der Waals surface area contributed by atoms with Crippen LogP contribution in [0, 0.1) is 0 Å². The quantitative estimate of drug-likeness (QED) is 0.0995. The fourth-order valence-electron chi connectivity index (χ4n) is 17.7. The van der Waals surface area contributed by atoms with Gasteiger partial charge in [0, 0.05) is 44.4 Å². The summed E-state index contributed by atoms with van der Waals surface area (Å²) in [7, 11) is 0. The molecule has 0 aromatic heterocycles. The van der Waals surface area contributed by atoms with Crippen LogP contribution in [0.3, 0.4) is 0 Å². The predicted octanol–water partition coefficient (Wildman–Crippen LogP) is 22.9. The van der Waals surface area contributed by atoms with Gasteiger partial charge in [0.15, 0.2) is 0 Å². The minimum absolute atomic E-state index is 0.430. The second-order valence-corrected chi connectivity index (χ2v) is 26.1. The molecule has 0 radical (unpaired) electrons. The van der Waals surface area contributed by atoms with Gasteiger partial charge in [-0.2, -0.15) is 0 Å². The molecule has 0 aliphatic heterocycles. The summed E-state index contributed by atoms with van der Waals surface area (Å²) in [6.45, 7) is 0. The molecule has 2 nitrogen and oxygen atoms in total. The summed E-state index contributed by atoms with van der Waals surface area (Å²) < 4.78 is 0. The molecular weight excluding hydrogens is 1130 g/mol. The van der Waals surface area contributed by atoms with Crippen molar-refractivity contribution >= 4 is 143 Å². The first-order chi connectivity index (χ1) is 46.6. The lowest BCUT2D eigenvalue weighted by atomic mass is 9.64. The van der Waals surface area contributed by atoms with Crippen LogP contribution in [0.4, 0.5) is 34.1 Å². The number of hydrogen-bond acceptors (Lipinski definition) is 2. The lowest BCUT2D eigenvalue weighted by Gasteiger charge is -2.39. The van der Waals surface area contributed by atoms with E-state index in [1.807, 2.05) is 0 Å². The molecule has 0 heterocycles. The van der Waals surface area contributed by atoms with Crippen LogP contribution in [0.2, 0.25) is 0 Å². The molecule has 2 heteroatoms. The molecule has 0 spiro atoms. The highest BCUT2D eigenvalue weighted by Gasteiger charge is 2.41. The summed E-state index contributed by atoms with van der Waals surface area (Å²) in [5, 5.41) is 25.9. The molecule has 2 unspecified atom stereocenters. The fraction of sp³-hybridized carbons (Fsp3) is 0.0435. The largest absolute Gasteiger partial charge is 0.310 e. The molecule has 2 aliphatic rings. The van der Waals surface area contributed by atoms with E-state index in [-0.39, 0.29) is 0 Å². The van der Waals surface area contributed by atoms with Gasteiger partial charge in [-0.1, -0.05) is 279 Å². The molecular formula is C92H60N2. The van der Waals surface area contributed by atoms with Gasteiger partial charge in [0.25, 0.3) is 0 Å². The lowest BCUT2D eigenvalue weighted by Crippen LogP contribution is -2.33. The monoisotopic (exact) mass is 1190 g/mol. The zero-order valence-corrected chi connectivity index (χ0v) is 51.6. The molecule has 0 fully saturated rings. The third-order valence-electron chi connectivity index (χ3n) is 21.7. The summed E-state index contributed by atoms with van der Waals surface area (Å²) >= 11 is 0. The van der Waals surface area contributed by atoms with E-state index in [1.54, 1.807) is 0 Å². The standard InChI is InChI=1S/C92H60N2/c1-5-23-63(24-6-1)91(57-55-77-73-33-15-21-59-19-13-31-71(85(59)73)75-35-17-37-81(91)89(75)77)65-43-47-69(48-44-65)93(67-27-9-3-10-28-67)83-53-41-61-40-52-80-84(54-42-62-39-51-79(83)87(61)88(62)80)94(68-29-11-4-12-30-68)70-49-45-66(46-50-70)92(64-25-7-2-8-26-64)58-56-78-74-34-16-22-60-20-14-32-72(86(60)74)76-36-18-38-82(92)90(76)78/h1-56H,57-58H2. The molecule has 20 rings (SSSR count). The Bertz CT molecular complexity index is 5810. The Hall–Kier alpha value is -11.8. The molecule has 2 aliphatic carbocycles. The number of para-hydroxylation sites is 2. The van der Waals surface area contributed by atoms with Gasteiger partial charge in [-0.05, 0) is 204 Å². The van der Waals surface area contributed by atoms with Gasteiger partial charge in [0.2, 0.25) is 0 Å². The Morgan fingerprint density at radius 2 is 0.511 bits per heavy atom. The van der Waals surface area contributed by atoms with E-state index in [0.29, 0.717) is 0 Å². The summed E-state index contributed by atoms with van der Waals surface area (Å²) in [4.78, 5) is 4.94. The summed E-state index contributed by atoms with van der Waals surface area (Å²) in [5.41, 5.74) is 13.7. The summed E-state index contributed by atoms with van der Waals surface area (Å²) in [5.74, 6) is 0. The van der Waals surface area contributed by atoms with Crippen LogP contribution >= 0.6 is 0 Å². The smallest absolute Gasteiger partial charge is 0.0540 e. The highest BCUT2D eigenvalue weighted by atomic mass is 15.1. The van der Waals surface area contributed by atoms with E-state index in [1.165, 1.54) is 141 Å². The first-order valence-corrected chi connectivity index (χ1v) is 33.1. The van der Waals surface area contributed by atoms with Crippen molar-refractivity contribution in [2.75, 3.05) is 9.80 Å². The Morgan fingerprint density at radius 3 is 0.904 bits per heavy atom. The Labute approximate surface area is 544 Å². The van der Waals surface area contributed by atoms with Crippen molar-refractivity contribution in [3.05, 3.63) is 371 Å². The molecule has 18 aromatic carbocycles. The van der Waals surface area contributed by atoms with Crippen LogP contribution in [-0.2, 0) is 10.8 Å². The normalized spacial score (nSPS) is 16.0. The molecule has 0 amide bonds. The average Bonchev–Trinajstić information content (AvgIpc) is 0.705. The maximum absolute atomic E-state index is 2.54. The molecule has 0 bridgehead atoms. The van der Waals surface area contributed by atoms with Crippen LogP contribution in [0.15, 0.2) is 328 Å². The predicted molar refractivity (Wildman–Crippen MR) is 399 cm³/mol. The van der Waals surface area contributed by atoms with Gasteiger partial charge in [0.1, 0.15) is 0 Å². The summed E-state index contributed by atoms with van der Waals surface area (Å²) in [6, 6.07) is 124. The maximum Gasteiger partial charge on any atom is 0.0540 e. The van der Waals surface area contributed by atoms with Crippen LogP contribution in [0.5, 0.6) is 0 Å². The molecule has 438 valence electrons. The second-order valence-electron chi connectivity index (χ2n) is 26.1. The number of fused-ring (bicyclic) bond motifs is 4. The van der Waals surface area contributed by atoms with E-state index < -0.39 is 10.8 Å². The molecule has 0 saturated carbocycles. The molecule has 0 N–H and O–H groups in total. The van der Waals surface area contributed by atoms with Gasteiger partial charge in [-0.3, -0.25) is 0 Å². The minimum Gasteiger partial charge on any atom is -0.310 e. The van der Waals surface area contributed by atoms with Gasteiger partial charge >= 0.3 is 0 Å². The van der Waals surface area contributed by atoms with Crippen molar-refractivity contribution in [2.45, 2.75) is 23.7 Å². The maximum atomic E-state index is 2.54. The highest BCUT2D eigenvalue weighted by Crippen LogP contribution is 2.53. The molecule has 2 atom stereocenters. The van der Waals surface area contributed by atoms with Gasteiger partial charge in [0.05, 0.1) is 11.4 Å². The van der Waals surface area contributed by atoms with Crippen molar-refractivity contribution < 1.29 is 0 Å². The molecule has 94 heavy (non-hydrogen) atoms. The van der Waals surface area contributed by atoms with Crippen LogP contribution in [-0.4, -0.2) is 0 Å². The molecule has 0 saturated heterocycles. The van der Waals surface area contributed by atoms with E-state index in [9.17, 15) is 0 Å². The zero-order valence-electron chi connectivity index (χ0n) is 51.6. The van der Waals surface area contributed by atoms with Crippen molar-refractivity contribution in [1.82, 2.24) is 0 Å². The second kappa shape index (κ2) is 20.3. The van der Waals surface area contributed by atoms with E-state index in [4.69, 9.17) is 0 Å². The van der Waals surface area contributed by atoms with Crippen molar-refractivity contribution in [3.8, 4) is 0 Å². The Kier molecular flexibility index (Phi) is 11.4. The van der Waals surface area contributed by atoms with Crippen molar-refractivity contribution in [1.29, 1.82) is 0 Å². The fourth-order valence-corrected chi connectivity index (χ4v) is 17.7. The third kappa shape index (κ3) is 7.42. The van der Waals surface area contributed by atoms with E-state index in [2.05, 4.69) is 350 Å². The number of hydrogen-bond donors (Lipinski definition) is 0. The first-order valence-electron chi connectivity index (χ1n) is 33.1. The summed E-state index contributed by atoms with van der Waals surface area (Å²) in [6.07, 6.45) is 6.76. The third-order valence-corrected chi connectivity index (χ3v) is 21.7. The van der Waals surface area contributed by atoms with Gasteiger partial charge in [-0.25, -0.2) is 0 Å². The number of rotatable bonds is 10. The van der Waals surface area contributed by atoms with Gasteiger partial charge in [-0.15, -0.1) is 0 Å². The molecule has 18 aromatic rings. The van der Waals surface area contributed by atoms with Gasteiger partial charge < -0.3 is 9.80 Å². The number of anilines is 6. The first kappa shape index (κ1) is 52.9. The minimum atomic E-state index is -0.430. The van der Waals surface area contributed by atoms with Crippen molar-refractivity contribution in [3.63, 3.8) is 0 Å². The van der Waals surface area contributed by atoms with Crippen LogP contribution in [0.25, 0.3) is 109 Å². The van der Waals surface area contributed by atoms with E-state index >= 15 is 0 Å². The Morgan fingerprint density at radius 1 is 0.202 bits per heavy atom. The van der Waals surface area contributed by atoms with E-state index in [0.717, 1.165) is 47.0 Å². The lowest BCUT2D eigenvalue weighted by molar-refractivity contribution is 0.644. The average molecular weight is 1190 g/mol. The highest BCUT2D eigenvalue weighted by molar-refractivity contribution is 6.29. The zero-order chi connectivity index (χ0) is 61.6. The van der Waals surface area contributed by atoms with Crippen molar-refractivity contribution in [2.24, 2.45) is 0 Å². The Balaban J connectivity index is 0.729. The number of nitrogens with zero attached hydrogens (tertiary/aromatic N) is 2. The number of benzene rings is 18. The SMILES string of the molecule is C1=c2c3cccc4cccc(c5cccc(c25)C(c2ccccc2)(c2ccc(N(c5ccccc5)c5ccc6ccc7c(N(c8ccccc8)c8ccc(C9(c%10ccccc%10)CC=c%10c%11cccc%12cccc(c%13cccc9c%10%13)c%12%11)cc8)ccc8ccc5c6c87)cc2)C1)c43.